The van der Waals surface area contributed by atoms with Crippen LogP contribution in [0.5, 0.6) is 0 Å². The van der Waals surface area contributed by atoms with Gasteiger partial charge in [-0.15, -0.1) is 0 Å². The zero-order chi connectivity index (χ0) is 12.8. The molecule has 0 aromatic carbocycles. The predicted octanol–water partition coefficient (Wildman–Crippen LogP) is 0.920. The van der Waals surface area contributed by atoms with Gasteiger partial charge in [0.1, 0.15) is 11.4 Å². The van der Waals surface area contributed by atoms with Gasteiger partial charge in [-0.1, -0.05) is 6.08 Å². The Kier molecular flexibility index (Phi) is 5.21. The Hall–Kier alpha value is -1.85. The van der Waals surface area contributed by atoms with E-state index < -0.39 is 17.6 Å². The van der Waals surface area contributed by atoms with Gasteiger partial charge in [-0.25, -0.2) is 4.79 Å². The van der Waals surface area contributed by atoms with Crippen molar-refractivity contribution < 1.29 is 14.3 Å². The molecule has 0 heterocycles. The van der Waals surface area contributed by atoms with E-state index in [4.69, 9.17) is 15.9 Å². The lowest BCUT2D eigenvalue weighted by atomic mass is 10.2. The fourth-order valence-corrected chi connectivity index (χ4v) is 0.748. The average molecular weight is 227 g/mol. The van der Waals surface area contributed by atoms with Crippen LogP contribution in [0.2, 0.25) is 0 Å². The Morgan fingerprint density at radius 2 is 2.00 bits per heavy atom. The van der Waals surface area contributed by atoms with Crippen molar-refractivity contribution in [3.63, 3.8) is 0 Å². The molecule has 0 aliphatic carbocycles. The van der Waals surface area contributed by atoms with Crippen LogP contribution in [0.15, 0.2) is 12.2 Å². The van der Waals surface area contributed by atoms with Gasteiger partial charge in [-0.05, 0) is 26.8 Å². The van der Waals surface area contributed by atoms with Gasteiger partial charge in [-0.3, -0.25) is 15.5 Å². The number of alkyl carbamates (subject to hydrolysis) is 1. The molecule has 0 aliphatic heterocycles. The van der Waals surface area contributed by atoms with Crippen molar-refractivity contribution in [2.75, 3.05) is 0 Å². The Morgan fingerprint density at radius 1 is 1.44 bits per heavy atom. The first-order valence-electron chi connectivity index (χ1n) is 4.74. The van der Waals surface area contributed by atoms with Crippen molar-refractivity contribution in [3.05, 3.63) is 12.2 Å². The summed E-state index contributed by atoms with van der Waals surface area (Å²) in [5.74, 6) is -0.656. The number of primary amides is 1. The first-order chi connectivity index (χ1) is 7.20. The maximum absolute atomic E-state index is 11.2. The fourth-order valence-electron chi connectivity index (χ4n) is 0.748. The number of nitrogens with two attached hydrogens (primary N) is 1. The second kappa shape index (κ2) is 5.89. The highest BCUT2D eigenvalue weighted by Crippen LogP contribution is 2.06. The third-order valence-corrected chi connectivity index (χ3v) is 1.24. The molecule has 0 bridgehead atoms. The second-order valence-corrected chi connectivity index (χ2v) is 4.11. The standard InChI is InChI=1S/C10H17N3O3/c1-10(2,3)16-9(15)13-7(11)5-4-6-8(12)14/h4-5H,6H2,1-3H3,(H2,12,14)(H2,11,13,15)/b5-4-. The number of ether oxygens (including phenoxy) is 1. The van der Waals surface area contributed by atoms with Crippen molar-refractivity contribution in [3.8, 4) is 0 Å². The lowest BCUT2D eigenvalue weighted by Crippen LogP contribution is -2.35. The molecule has 0 fully saturated rings. The van der Waals surface area contributed by atoms with Crippen molar-refractivity contribution in [1.29, 1.82) is 5.41 Å². The molecule has 0 rings (SSSR count). The zero-order valence-electron chi connectivity index (χ0n) is 9.66. The van der Waals surface area contributed by atoms with E-state index in [-0.39, 0.29) is 12.3 Å². The number of hydrogen-bond acceptors (Lipinski definition) is 4. The van der Waals surface area contributed by atoms with Gasteiger partial charge < -0.3 is 10.5 Å². The molecule has 0 atom stereocenters. The molecule has 0 unspecified atom stereocenters. The Labute approximate surface area is 94.3 Å². The number of carbonyl (C=O) groups excluding carboxylic acids is 2. The first kappa shape index (κ1) is 14.2. The summed E-state index contributed by atoms with van der Waals surface area (Å²) in [6.45, 7) is 5.16. The van der Waals surface area contributed by atoms with E-state index >= 15 is 0 Å². The van der Waals surface area contributed by atoms with Crippen LogP contribution in [-0.4, -0.2) is 23.4 Å². The van der Waals surface area contributed by atoms with Crippen LogP contribution >= 0.6 is 0 Å². The van der Waals surface area contributed by atoms with Gasteiger partial charge >= 0.3 is 6.09 Å². The minimum atomic E-state index is -0.707. The Balaban J connectivity index is 4.01. The molecular weight excluding hydrogens is 210 g/mol. The molecular formula is C10H17N3O3. The van der Waals surface area contributed by atoms with Crippen molar-refractivity contribution in [2.45, 2.75) is 32.8 Å². The van der Waals surface area contributed by atoms with E-state index in [0.29, 0.717) is 0 Å². The lowest BCUT2D eigenvalue weighted by Gasteiger charge is -2.19. The molecule has 0 aliphatic rings. The SMILES string of the molecule is CC(C)(C)OC(=O)NC(=N)/C=C\CC(N)=O. The smallest absolute Gasteiger partial charge is 0.413 e. The summed E-state index contributed by atoms with van der Waals surface area (Å²) in [6, 6.07) is 0. The quantitative estimate of drug-likeness (QED) is 0.493. The molecule has 0 aromatic heterocycles. The highest BCUT2D eigenvalue weighted by Gasteiger charge is 2.16. The van der Waals surface area contributed by atoms with E-state index in [1.54, 1.807) is 20.8 Å². The molecule has 6 nitrogen and oxygen atoms in total. The molecule has 90 valence electrons. The average Bonchev–Trinajstić information content (AvgIpc) is 1.98. The number of carbonyl (C=O) groups is 2. The summed E-state index contributed by atoms with van der Waals surface area (Å²) in [5.41, 5.74) is 4.28. The van der Waals surface area contributed by atoms with Crippen LogP contribution in [0, 0.1) is 5.41 Å². The van der Waals surface area contributed by atoms with Gasteiger partial charge in [0.2, 0.25) is 5.91 Å². The van der Waals surface area contributed by atoms with E-state index in [2.05, 4.69) is 5.32 Å². The molecule has 0 aromatic rings. The highest BCUT2D eigenvalue weighted by molar-refractivity contribution is 6.00. The second-order valence-electron chi connectivity index (χ2n) is 4.11. The summed E-state index contributed by atoms with van der Waals surface area (Å²) < 4.78 is 4.92. The molecule has 2 amide bonds. The lowest BCUT2D eigenvalue weighted by molar-refractivity contribution is -0.117. The first-order valence-corrected chi connectivity index (χ1v) is 4.74. The van der Waals surface area contributed by atoms with Gasteiger partial charge in [-0.2, -0.15) is 0 Å². The highest BCUT2D eigenvalue weighted by atomic mass is 16.6. The van der Waals surface area contributed by atoms with Gasteiger partial charge in [0.15, 0.2) is 0 Å². The monoisotopic (exact) mass is 227 g/mol. The third-order valence-electron chi connectivity index (χ3n) is 1.24. The minimum Gasteiger partial charge on any atom is -0.444 e. The molecule has 0 saturated heterocycles. The number of nitrogens with one attached hydrogen (secondary N) is 2. The maximum atomic E-state index is 11.2. The summed E-state index contributed by atoms with van der Waals surface area (Å²) >= 11 is 0. The molecule has 6 heteroatoms. The van der Waals surface area contributed by atoms with Crippen molar-refractivity contribution in [1.82, 2.24) is 5.32 Å². The predicted molar refractivity (Wildman–Crippen MR) is 60.0 cm³/mol. The van der Waals surface area contributed by atoms with Crippen LogP contribution in [0.4, 0.5) is 4.79 Å². The third kappa shape index (κ3) is 8.74. The van der Waals surface area contributed by atoms with Gasteiger partial charge in [0, 0.05) is 6.42 Å². The van der Waals surface area contributed by atoms with E-state index in [0.717, 1.165) is 0 Å². The summed E-state index contributed by atoms with van der Waals surface area (Å²) in [5, 5.41) is 9.51. The molecule has 4 N–H and O–H groups in total. The van der Waals surface area contributed by atoms with Crippen LogP contribution in [0.1, 0.15) is 27.2 Å². The van der Waals surface area contributed by atoms with E-state index in [1.165, 1.54) is 12.2 Å². The van der Waals surface area contributed by atoms with Crippen LogP contribution in [0.25, 0.3) is 0 Å². The summed E-state index contributed by atoms with van der Waals surface area (Å²) in [6.07, 6.45) is 1.98. The number of rotatable bonds is 3. The van der Waals surface area contributed by atoms with E-state index in [9.17, 15) is 9.59 Å². The van der Waals surface area contributed by atoms with Gasteiger partial charge in [0.25, 0.3) is 0 Å². The van der Waals surface area contributed by atoms with Crippen LogP contribution in [-0.2, 0) is 9.53 Å². The van der Waals surface area contributed by atoms with Crippen LogP contribution in [0.3, 0.4) is 0 Å². The van der Waals surface area contributed by atoms with Crippen molar-refractivity contribution in [2.24, 2.45) is 5.73 Å². The Bertz CT molecular complexity index is 316. The molecule has 16 heavy (non-hydrogen) atoms. The normalized spacial score (nSPS) is 11.2. The number of amides is 2. The summed E-state index contributed by atoms with van der Waals surface area (Å²) in [4.78, 5) is 21.5. The van der Waals surface area contributed by atoms with Gasteiger partial charge in [0.05, 0.1) is 0 Å². The molecule has 0 spiro atoms. The Morgan fingerprint density at radius 3 is 2.44 bits per heavy atom. The zero-order valence-corrected chi connectivity index (χ0v) is 9.66. The van der Waals surface area contributed by atoms with E-state index in [1.807, 2.05) is 0 Å². The molecule has 0 saturated carbocycles. The van der Waals surface area contributed by atoms with Crippen LogP contribution < -0.4 is 11.1 Å². The summed E-state index contributed by atoms with van der Waals surface area (Å²) in [7, 11) is 0. The molecule has 0 radical (unpaired) electrons. The fraction of sp³-hybridized carbons (Fsp3) is 0.500. The minimum absolute atomic E-state index is 0.0262. The van der Waals surface area contributed by atoms with Crippen molar-refractivity contribution >= 4 is 17.8 Å². The maximum Gasteiger partial charge on any atom is 0.413 e. The largest absolute Gasteiger partial charge is 0.444 e. The number of hydrogen-bond donors (Lipinski definition) is 3. The topological polar surface area (TPSA) is 105 Å². The number of amidine groups is 1.